The van der Waals surface area contributed by atoms with Crippen molar-refractivity contribution in [2.45, 2.75) is 19.4 Å². The molecule has 0 aromatic heterocycles. The fourth-order valence-electron chi connectivity index (χ4n) is 5.15. The van der Waals surface area contributed by atoms with Gasteiger partial charge in [-0.1, -0.05) is 0 Å². The molecule has 2 aromatic rings. The number of Topliss-reactive ketones (excluding diaryl/α,β-unsaturated/α-hetero) is 2. The first-order chi connectivity index (χ1) is 17.9. The van der Waals surface area contributed by atoms with Crippen molar-refractivity contribution in [3.05, 3.63) is 53.1 Å². The summed E-state index contributed by atoms with van der Waals surface area (Å²) in [5, 5.41) is 0. The Morgan fingerprint density at radius 3 is 2.30 bits per heavy atom. The molecule has 0 saturated carbocycles. The predicted molar refractivity (Wildman–Crippen MR) is 136 cm³/mol. The quantitative estimate of drug-likeness (QED) is 0.274. The third-order valence-corrected chi connectivity index (χ3v) is 7.10. The van der Waals surface area contributed by atoms with Crippen LogP contribution in [0.25, 0.3) is 0 Å². The van der Waals surface area contributed by atoms with Crippen molar-refractivity contribution in [1.82, 2.24) is 9.80 Å². The number of aryl methyl sites for hydroxylation is 1. The van der Waals surface area contributed by atoms with Crippen LogP contribution in [0.5, 0.6) is 17.2 Å². The summed E-state index contributed by atoms with van der Waals surface area (Å²) in [6.45, 7) is 5.96. The summed E-state index contributed by atoms with van der Waals surface area (Å²) in [6, 6.07) is 9.42. The Morgan fingerprint density at radius 2 is 1.65 bits per heavy atom. The molecule has 9 nitrogen and oxygen atoms in total. The third-order valence-electron chi connectivity index (χ3n) is 7.10. The fraction of sp³-hybridized carbons (Fsp3) is 0.464. The number of rotatable bonds is 10. The highest BCUT2D eigenvalue weighted by molar-refractivity contribution is 6.44. The summed E-state index contributed by atoms with van der Waals surface area (Å²) in [6.07, 6.45) is 0.657. The molecule has 0 radical (unpaired) electrons. The summed E-state index contributed by atoms with van der Waals surface area (Å²) in [5.41, 5.74) is 1.69. The number of methoxy groups -OCH3 is 3. The zero-order chi connectivity index (χ0) is 26.5. The normalized spacial score (nSPS) is 20.3. The van der Waals surface area contributed by atoms with E-state index < -0.39 is 29.4 Å². The van der Waals surface area contributed by atoms with E-state index in [1.165, 1.54) is 12.0 Å². The van der Waals surface area contributed by atoms with Crippen molar-refractivity contribution in [3.63, 3.8) is 0 Å². The number of carbonyl (C=O) groups is 3. The summed E-state index contributed by atoms with van der Waals surface area (Å²) < 4.78 is 21.8. The molecule has 2 aliphatic rings. The van der Waals surface area contributed by atoms with E-state index in [2.05, 4.69) is 4.90 Å². The molecule has 0 N–H and O–H groups in total. The van der Waals surface area contributed by atoms with Gasteiger partial charge in [-0.25, -0.2) is 0 Å². The standard InChI is InChI=1S/C28H34N2O7/c1-18-16-19(6-8-22(18)35-3)26(31)24-25(21-17-20(34-2)7-9-23(21)36-4)30(28(33)27(24)32)11-5-10-29-12-14-37-15-13-29/h6-9,16-17,24-25H,5,10-15H2,1-4H3. The predicted octanol–water partition coefficient (Wildman–Crippen LogP) is 2.69. The molecule has 9 heteroatoms. The molecule has 2 fully saturated rings. The number of ketones is 2. The van der Waals surface area contributed by atoms with E-state index in [-0.39, 0.29) is 0 Å². The number of carbonyl (C=O) groups excluding carboxylic acids is 3. The van der Waals surface area contributed by atoms with Crippen LogP contribution in [0, 0.1) is 12.8 Å². The second-order valence-corrected chi connectivity index (χ2v) is 9.25. The van der Waals surface area contributed by atoms with Crippen LogP contribution in [-0.4, -0.2) is 88.0 Å². The van der Waals surface area contributed by atoms with Crippen LogP contribution in [0.3, 0.4) is 0 Å². The number of nitrogens with zero attached hydrogens (tertiary/aromatic N) is 2. The molecule has 198 valence electrons. The number of ether oxygens (including phenoxy) is 4. The second kappa shape index (κ2) is 11.7. The van der Waals surface area contributed by atoms with E-state index >= 15 is 0 Å². The largest absolute Gasteiger partial charge is 0.497 e. The molecule has 2 aromatic carbocycles. The van der Waals surface area contributed by atoms with Crippen molar-refractivity contribution in [3.8, 4) is 17.2 Å². The van der Waals surface area contributed by atoms with Gasteiger partial charge in [-0.05, 0) is 55.3 Å². The first-order valence-electron chi connectivity index (χ1n) is 12.4. The molecule has 37 heavy (non-hydrogen) atoms. The minimum Gasteiger partial charge on any atom is -0.497 e. The maximum absolute atomic E-state index is 13.8. The third kappa shape index (κ3) is 5.47. The smallest absolute Gasteiger partial charge is 0.291 e. The molecular weight excluding hydrogens is 476 g/mol. The lowest BCUT2D eigenvalue weighted by Gasteiger charge is -2.30. The summed E-state index contributed by atoms with van der Waals surface area (Å²) in [7, 11) is 4.62. The van der Waals surface area contributed by atoms with E-state index in [1.54, 1.807) is 50.6 Å². The van der Waals surface area contributed by atoms with Crippen LogP contribution in [0.1, 0.15) is 33.9 Å². The van der Waals surface area contributed by atoms with Gasteiger partial charge in [0, 0.05) is 37.3 Å². The van der Waals surface area contributed by atoms with E-state index in [1.807, 2.05) is 6.92 Å². The average molecular weight is 511 g/mol. The van der Waals surface area contributed by atoms with Crippen LogP contribution in [0.2, 0.25) is 0 Å². The number of hydrogen-bond acceptors (Lipinski definition) is 8. The molecule has 0 spiro atoms. The summed E-state index contributed by atoms with van der Waals surface area (Å²) >= 11 is 0. The second-order valence-electron chi connectivity index (χ2n) is 9.25. The Kier molecular flexibility index (Phi) is 8.45. The Morgan fingerprint density at radius 1 is 0.946 bits per heavy atom. The van der Waals surface area contributed by atoms with Gasteiger partial charge < -0.3 is 23.8 Å². The molecule has 2 atom stereocenters. The highest BCUT2D eigenvalue weighted by Gasteiger charge is 2.52. The van der Waals surface area contributed by atoms with Gasteiger partial charge in [-0.15, -0.1) is 0 Å². The summed E-state index contributed by atoms with van der Waals surface area (Å²) in [5.74, 6) is -1.31. The maximum Gasteiger partial charge on any atom is 0.291 e. The van der Waals surface area contributed by atoms with E-state index in [9.17, 15) is 14.4 Å². The van der Waals surface area contributed by atoms with Crippen LogP contribution >= 0.6 is 0 Å². The van der Waals surface area contributed by atoms with Gasteiger partial charge in [0.15, 0.2) is 5.78 Å². The van der Waals surface area contributed by atoms with Crippen molar-refractivity contribution >= 4 is 17.5 Å². The van der Waals surface area contributed by atoms with Crippen molar-refractivity contribution in [1.29, 1.82) is 0 Å². The number of hydrogen-bond donors (Lipinski definition) is 0. The Labute approximate surface area is 217 Å². The van der Waals surface area contributed by atoms with E-state index in [0.717, 1.165) is 25.2 Å². The fourth-order valence-corrected chi connectivity index (χ4v) is 5.15. The van der Waals surface area contributed by atoms with E-state index in [4.69, 9.17) is 18.9 Å². The lowest BCUT2D eigenvalue weighted by molar-refractivity contribution is -0.140. The SMILES string of the molecule is COc1ccc(OC)c(C2C(C(=O)c3ccc(OC)c(C)c3)C(=O)C(=O)N2CCCN2CCOCC2)c1. The zero-order valence-corrected chi connectivity index (χ0v) is 21.8. The van der Waals surface area contributed by atoms with Gasteiger partial charge in [-0.2, -0.15) is 0 Å². The van der Waals surface area contributed by atoms with Crippen LogP contribution in [0.4, 0.5) is 0 Å². The molecule has 0 aliphatic carbocycles. The van der Waals surface area contributed by atoms with Crippen molar-refractivity contribution < 1.29 is 33.3 Å². The van der Waals surface area contributed by atoms with Gasteiger partial charge in [0.1, 0.15) is 23.2 Å². The molecule has 2 unspecified atom stereocenters. The molecule has 0 bridgehead atoms. The van der Waals surface area contributed by atoms with Gasteiger partial charge in [0.25, 0.3) is 5.91 Å². The summed E-state index contributed by atoms with van der Waals surface area (Å²) in [4.78, 5) is 44.4. The lowest BCUT2D eigenvalue weighted by atomic mass is 9.85. The Hall–Kier alpha value is -3.43. The van der Waals surface area contributed by atoms with Gasteiger partial charge >= 0.3 is 0 Å². The number of likely N-dealkylation sites (tertiary alicyclic amines) is 1. The first kappa shape index (κ1) is 26.6. The molecular formula is C28H34N2O7. The molecule has 2 saturated heterocycles. The molecule has 1 amide bonds. The van der Waals surface area contributed by atoms with E-state index in [0.29, 0.717) is 54.6 Å². The number of morpholine rings is 1. The minimum atomic E-state index is -1.20. The van der Waals surface area contributed by atoms with Gasteiger partial charge in [-0.3, -0.25) is 19.3 Å². The highest BCUT2D eigenvalue weighted by atomic mass is 16.5. The van der Waals surface area contributed by atoms with Crippen LogP contribution < -0.4 is 14.2 Å². The number of amides is 1. The van der Waals surface area contributed by atoms with Crippen molar-refractivity contribution in [2.24, 2.45) is 5.92 Å². The lowest BCUT2D eigenvalue weighted by Crippen LogP contribution is -2.39. The monoisotopic (exact) mass is 510 g/mol. The Bertz CT molecular complexity index is 1160. The average Bonchev–Trinajstić information content (AvgIpc) is 3.17. The maximum atomic E-state index is 13.8. The Balaban J connectivity index is 1.70. The molecule has 2 aliphatic heterocycles. The molecule has 4 rings (SSSR count). The van der Waals surface area contributed by atoms with Crippen LogP contribution in [-0.2, 0) is 14.3 Å². The molecule has 2 heterocycles. The van der Waals surface area contributed by atoms with Crippen LogP contribution in [0.15, 0.2) is 36.4 Å². The highest BCUT2D eigenvalue weighted by Crippen LogP contribution is 2.43. The minimum absolute atomic E-state index is 0.332. The number of benzene rings is 2. The topological polar surface area (TPSA) is 94.6 Å². The van der Waals surface area contributed by atoms with Gasteiger partial charge in [0.2, 0.25) is 5.78 Å². The zero-order valence-electron chi connectivity index (χ0n) is 21.8. The first-order valence-corrected chi connectivity index (χ1v) is 12.4. The van der Waals surface area contributed by atoms with Gasteiger partial charge in [0.05, 0.1) is 40.6 Å². The van der Waals surface area contributed by atoms with Crippen molar-refractivity contribution in [2.75, 3.05) is 60.7 Å².